The van der Waals surface area contributed by atoms with E-state index in [1.165, 1.54) is 38.5 Å². The van der Waals surface area contributed by atoms with Crippen LogP contribution in [0.3, 0.4) is 0 Å². The highest BCUT2D eigenvalue weighted by molar-refractivity contribution is 5.98. The van der Waals surface area contributed by atoms with Gasteiger partial charge in [-0.3, -0.25) is 14.4 Å². The minimum Gasteiger partial charge on any atom is -0.393 e. The number of carbonyl (C=O) groups is 3. The molecule has 0 aliphatic rings. The Hall–Kier alpha value is -1.03. The largest absolute Gasteiger partial charge is 0.393 e. The van der Waals surface area contributed by atoms with Gasteiger partial charge in [-0.25, -0.2) is 0 Å². The standard InChI is InChI=1S/C31H58O4/c1-3-5-6-16-23-29(33)24-18-13-10-11-15-20-26-31(35)27-30(34)25-19-14-9-7-8-12-17-22-28(32)21-4-2/h28,32H,3-27H2,1-2H3. The fourth-order valence-corrected chi connectivity index (χ4v) is 4.69. The summed E-state index contributed by atoms with van der Waals surface area (Å²) in [6, 6.07) is 0. The van der Waals surface area contributed by atoms with Crippen LogP contribution in [0.2, 0.25) is 0 Å². The lowest BCUT2D eigenvalue weighted by Gasteiger charge is -2.08. The second-order valence-corrected chi connectivity index (χ2v) is 10.7. The van der Waals surface area contributed by atoms with Gasteiger partial charge in [0.15, 0.2) is 0 Å². The molecule has 4 heteroatoms. The van der Waals surface area contributed by atoms with Crippen molar-refractivity contribution >= 4 is 17.3 Å². The van der Waals surface area contributed by atoms with Crippen molar-refractivity contribution in [2.24, 2.45) is 0 Å². The molecule has 0 aromatic rings. The van der Waals surface area contributed by atoms with Crippen molar-refractivity contribution in [2.75, 3.05) is 0 Å². The smallest absolute Gasteiger partial charge is 0.140 e. The van der Waals surface area contributed by atoms with Crippen molar-refractivity contribution in [3.63, 3.8) is 0 Å². The summed E-state index contributed by atoms with van der Waals surface area (Å²) in [4.78, 5) is 35.9. The van der Waals surface area contributed by atoms with Gasteiger partial charge in [-0.2, -0.15) is 0 Å². The molecule has 35 heavy (non-hydrogen) atoms. The average Bonchev–Trinajstić information content (AvgIpc) is 2.82. The molecule has 4 nitrogen and oxygen atoms in total. The molecule has 0 aliphatic carbocycles. The predicted octanol–water partition coefficient (Wildman–Crippen LogP) is 8.85. The number of aliphatic hydroxyl groups excluding tert-OH is 1. The first kappa shape index (κ1) is 34.0. The summed E-state index contributed by atoms with van der Waals surface area (Å²) >= 11 is 0. The summed E-state index contributed by atoms with van der Waals surface area (Å²) < 4.78 is 0. The molecule has 0 bridgehead atoms. The number of hydrogen-bond acceptors (Lipinski definition) is 4. The Morgan fingerprint density at radius 2 is 0.829 bits per heavy atom. The average molecular weight is 495 g/mol. The maximum Gasteiger partial charge on any atom is 0.140 e. The van der Waals surface area contributed by atoms with Crippen LogP contribution in [0.1, 0.15) is 174 Å². The molecular formula is C31H58O4. The highest BCUT2D eigenvalue weighted by atomic mass is 16.3. The lowest BCUT2D eigenvalue weighted by molar-refractivity contribution is -0.127. The Kier molecular flexibility index (Phi) is 25.3. The van der Waals surface area contributed by atoms with Crippen LogP contribution in [0.4, 0.5) is 0 Å². The molecule has 206 valence electrons. The Balaban J connectivity index is 3.42. The summed E-state index contributed by atoms with van der Waals surface area (Å²) in [5.74, 6) is 0.638. The molecule has 0 aromatic carbocycles. The molecule has 0 rings (SSSR count). The van der Waals surface area contributed by atoms with Crippen LogP contribution < -0.4 is 0 Å². The number of aliphatic hydroxyl groups is 1. The lowest BCUT2D eigenvalue weighted by atomic mass is 10.0. The molecule has 0 aromatic heterocycles. The molecule has 0 amide bonds. The fraction of sp³-hybridized carbons (Fsp3) is 0.903. The first-order valence-electron chi connectivity index (χ1n) is 15.2. The topological polar surface area (TPSA) is 71.4 Å². The van der Waals surface area contributed by atoms with Gasteiger partial charge in [0.25, 0.3) is 0 Å². The molecule has 0 heterocycles. The fourth-order valence-electron chi connectivity index (χ4n) is 4.69. The first-order valence-corrected chi connectivity index (χ1v) is 15.2. The van der Waals surface area contributed by atoms with E-state index in [-0.39, 0.29) is 24.1 Å². The zero-order valence-electron chi connectivity index (χ0n) is 23.4. The van der Waals surface area contributed by atoms with Gasteiger partial charge in [-0.1, -0.05) is 104 Å². The third-order valence-corrected chi connectivity index (χ3v) is 6.98. The molecule has 0 saturated heterocycles. The van der Waals surface area contributed by atoms with Gasteiger partial charge in [-0.15, -0.1) is 0 Å². The minimum absolute atomic E-state index is 0.105. The van der Waals surface area contributed by atoms with Crippen LogP contribution in [-0.4, -0.2) is 28.6 Å². The molecule has 1 N–H and O–H groups in total. The van der Waals surface area contributed by atoms with Crippen LogP contribution in [-0.2, 0) is 14.4 Å². The van der Waals surface area contributed by atoms with Crippen LogP contribution in [0.5, 0.6) is 0 Å². The first-order chi connectivity index (χ1) is 17.0. The van der Waals surface area contributed by atoms with Crippen molar-refractivity contribution in [1.82, 2.24) is 0 Å². The Labute approximate surface area is 217 Å². The van der Waals surface area contributed by atoms with Crippen molar-refractivity contribution in [3.8, 4) is 0 Å². The van der Waals surface area contributed by atoms with Gasteiger partial charge >= 0.3 is 0 Å². The summed E-state index contributed by atoms with van der Waals surface area (Å²) in [5, 5.41) is 9.72. The van der Waals surface area contributed by atoms with E-state index in [0.29, 0.717) is 18.6 Å². The van der Waals surface area contributed by atoms with Crippen molar-refractivity contribution in [3.05, 3.63) is 0 Å². The highest BCUT2D eigenvalue weighted by Crippen LogP contribution is 2.14. The Morgan fingerprint density at radius 3 is 1.26 bits per heavy atom. The van der Waals surface area contributed by atoms with E-state index >= 15 is 0 Å². The Morgan fingerprint density at radius 1 is 0.457 bits per heavy atom. The zero-order chi connectivity index (χ0) is 26.0. The van der Waals surface area contributed by atoms with Gasteiger partial charge in [0.05, 0.1) is 12.5 Å². The number of ketones is 3. The van der Waals surface area contributed by atoms with Crippen LogP contribution >= 0.6 is 0 Å². The lowest BCUT2D eigenvalue weighted by Crippen LogP contribution is -2.07. The Bertz CT molecular complexity index is 514. The molecular weight excluding hydrogens is 436 g/mol. The number of Topliss-reactive ketones (excluding diaryl/α,β-unsaturated/α-hetero) is 3. The van der Waals surface area contributed by atoms with Gasteiger partial charge < -0.3 is 5.11 Å². The molecule has 0 saturated carbocycles. The van der Waals surface area contributed by atoms with E-state index in [2.05, 4.69) is 13.8 Å². The minimum atomic E-state index is -0.119. The maximum absolute atomic E-state index is 12.0. The van der Waals surface area contributed by atoms with E-state index in [1.54, 1.807) is 0 Å². The SMILES string of the molecule is CCCCCCC(=O)CCCCCCCCC(=O)CC(=O)CCCCCCCCCC(O)CCC. The van der Waals surface area contributed by atoms with Gasteiger partial charge in [-0.05, 0) is 38.5 Å². The predicted molar refractivity (Wildman–Crippen MR) is 148 cm³/mol. The number of rotatable bonds is 28. The molecule has 0 spiro atoms. The highest BCUT2D eigenvalue weighted by Gasteiger charge is 2.09. The van der Waals surface area contributed by atoms with E-state index in [4.69, 9.17) is 0 Å². The second kappa shape index (κ2) is 26.0. The van der Waals surface area contributed by atoms with Crippen LogP contribution in [0, 0.1) is 0 Å². The van der Waals surface area contributed by atoms with Crippen LogP contribution in [0.25, 0.3) is 0 Å². The number of hydrogen-bond donors (Lipinski definition) is 1. The van der Waals surface area contributed by atoms with E-state index < -0.39 is 0 Å². The summed E-state index contributed by atoms with van der Waals surface area (Å²) in [6.07, 6.45) is 24.3. The van der Waals surface area contributed by atoms with Crippen molar-refractivity contribution in [1.29, 1.82) is 0 Å². The summed E-state index contributed by atoms with van der Waals surface area (Å²) in [7, 11) is 0. The summed E-state index contributed by atoms with van der Waals surface area (Å²) in [5.41, 5.74) is 0. The number of unbranched alkanes of at least 4 members (excludes halogenated alkanes) is 14. The van der Waals surface area contributed by atoms with Crippen molar-refractivity contribution in [2.45, 2.75) is 180 Å². The maximum atomic E-state index is 12.0. The van der Waals surface area contributed by atoms with E-state index in [9.17, 15) is 19.5 Å². The zero-order valence-corrected chi connectivity index (χ0v) is 23.4. The second-order valence-electron chi connectivity index (χ2n) is 10.7. The van der Waals surface area contributed by atoms with Gasteiger partial charge in [0, 0.05) is 25.7 Å². The van der Waals surface area contributed by atoms with E-state index in [0.717, 1.165) is 103 Å². The third-order valence-electron chi connectivity index (χ3n) is 6.98. The van der Waals surface area contributed by atoms with Gasteiger partial charge in [0.1, 0.15) is 17.3 Å². The van der Waals surface area contributed by atoms with Crippen molar-refractivity contribution < 1.29 is 19.5 Å². The molecule has 0 aliphatic heterocycles. The monoisotopic (exact) mass is 494 g/mol. The van der Waals surface area contributed by atoms with Gasteiger partial charge in [0.2, 0.25) is 0 Å². The van der Waals surface area contributed by atoms with Crippen LogP contribution in [0.15, 0.2) is 0 Å². The van der Waals surface area contributed by atoms with E-state index in [1.807, 2.05) is 0 Å². The third kappa shape index (κ3) is 25.9. The molecule has 1 atom stereocenters. The molecule has 0 radical (unpaired) electrons. The quantitative estimate of drug-likeness (QED) is 0.0870. The summed E-state index contributed by atoms with van der Waals surface area (Å²) in [6.45, 7) is 4.30. The molecule has 0 fully saturated rings. The molecule has 1 unspecified atom stereocenters. The number of carbonyl (C=O) groups excluding carboxylic acids is 3. The normalized spacial score (nSPS) is 12.1.